The van der Waals surface area contributed by atoms with Gasteiger partial charge in [0.05, 0.1) is 38.1 Å². The van der Waals surface area contributed by atoms with E-state index < -0.39 is 18.1 Å². The van der Waals surface area contributed by atoms with Crippen LogP contribution >= 0.6 is 0 Å². The predicted molar refractivity (Wildman–Crippen MR) is 125 cm³/mol. The summed E-state index contributed by atoms with van der Waals surface area (Å²) in [5.41, 5.74) is 1.73. The molecule has 0 saturated carbocycles. The summed E-state index contributed by atoms with van der Waals surface area (Å²) in [4.78, 5) is 26.0. The van der Waals surface area contributed by atoms with E-state index in [1.54, 1.807) is 30.3 Å². The molecule has 1 aliphatic rings. The Labute approximate surface area is 196 Å². The van der Waals surface area contributed by atoms with E-state index >= 15 is 0 Å². The van der Waals surface area contributed by atoms with Crippen molar-refractivity contribution in [3.05, 3.63) is 94.0 Å². The molecule has 34 heavy (non-hydrogen) atoms. The van der Waals surface area contributed by atoms with Gasteiger partial charge in [0.15, 0.2) is 11.2 Å². The van der Waals surface area contributed by atoms with Crippen LogP contribution in [0.4, 0.5) is 0 Å². The second kappa shape index (κ2) is 11.6. The molecule has 8 nitrogen and oxygen atoms in total. The molecule has 8 heteroatoms. The Hall–Kier alpha value is -3.46. The van der Waals surface area contributed by atoms with Gasteiger partial charge in [0.2, 0.25) is 6.29 Å². The molecule has 1 amide bonds. The van der Waals surface area contributed by atoms with Crippen LogP contribution < -0.4 is 10.7 Å². The number of hydrogen-bond acceptors (Lipinski definition) is 7. The van der Waals surface area contributed by atoms with Crippen molar-refractivity contribution in [2.75, 3.05) is 26.4 Å². The lowest BCUT2D eigenvalue weighted by Gasteiger charge is -2.29. The van der Waals surface area contributed by atoms with Crippen LogP contribution in [-0.4, -0.2) is 43.7 Å². The average molecular weight is 466 g/mol. The minimum atomic E-state index is -0.754. The SMILES string of the molecule is O=C(NCc1ccccc1)C1=C[C@H](c2coc3ccccc3c2=O)C[C@H](OCCOCCO)O1. The van der Waals surface area contributed by atoms with E-state index in [0.29, 0.717) is 29.5 Å². The minimum absolute atomic E-state index is 0.0752. The lowest BCUT2D eigenvalue weighted by Crippen LogP contribution is -2.34. The number of rotatable bonds is 10. The zero-order valence-corrected chi connectivity index (χ0v) is 18.6. The third-order valence-electron chi connectivity index (χ3n) is 5.45. The highest BCUT2D eigenvalue weighted by atomic mass is 16.7. The van der Waals surface area contributed by atoms with Gasteiger partial charge in [-0.3, -0.25) is 9.59 Å². The van der Waals surface area contributed by atoms with Gasteiger partial charge in [0.1, 0.15) is 5.58 Å². The van der Waals surface area contributed by atoms with Crippen LogP contribution in [-0.2, 0) is 25.5 Å². The number of aliphatic hydroxyl groups is 1. The number of benzene rings is 2. The van der Waals surface area contributed by atoms with Gasteiger partial charge >= 0.3 is 0 Å². The molecule has 2 atom stereocenters. The highest BCUT2D eigenvalue weighted by Crippen LogP contribution is 2.31. The maximum absolute atomic E-state index is 13.1. The van der Waals surface area contributed by atoms with Crippen LogP contribution in [0.25, 0.3) is 11.0 Å². The first-order valence-electron chi connectivity index (χ1n) is 11.2. The molecule has 0 bridgehead atoms. The first-order valence-corrected chi connectivity index (χ1v) is 11.2. The molecule has 1 aliphatic heterocycles. The molecular formula is C26H27NO7. The molecule has 0 saturated heterocycles. The van der Waals surface area contributed by atoms with E-state index in [2.05, 4.69) is 5.32 Å². The Morgan fingerprint density at radius 3 is 2.68 bits per heavy atom. The quantitative estimate of drug-likeness (QED) is 0.444. The van der Waals surface area contributed by atoms with Gasteiger partial charge in [0.25, 0.3) is 5.91 Å². The van der Waals surface area contributed by atoms with Gasteiger partial charge in [-0.1, -0.05) is 42.5 Å². The molecule has 0 aliphatic carbocycles. The standard InChI is InChI=1S/C26H27NO7/c28-10-11-31-12-13-32-24-15-19(21-17-33-22-9-5-4-8-20(22)25(21)29)14-23(34-24)26(30)27-16-18-6-2-1-3-7-18/h1-9,14,17,19,24,28H,10-13,15-16H2,(H,27,30)/t19-,24+/m0/s1. The summed E-state index contributed by atoms with van der Waals surface area (Å²) in [6, 6.07) is 16.6. The van der Waals surface area contributed by atoms with Crippen molar-refractivity contribution in [3.8, 4) is 0 Å². The number of hydrogen-bond donors (Lipinski definition) is 2. The van der Waals surface area contributed by atoms with Gasteiger partial charge in [-0.05, 0) is 23.8 Å². The largest absolute Gasteiger partial charge is 0.464 e. The molecule has 2 aromatic carbocycles. The summed E-state index contributed by atoms with van der Waals surface area (Å²) in [5, 5.41) is 12.1. The number of para-hydroxylation sites is 1. The Morgan fingerprint density at radius 2 is 1.85 bits per heavy atom. The molecule has 3 aromatic rings. The van der Waals surface area contributed by atoms with Crippen molar-refractivity contribution in [1.82, 2.24) is 5.32 Å². The molecule has 2 N–H and O–H groups in total. The first-order chi connectivity index (χ1) is 16.7. The van der Waals surface area contributed by atoms with Crippen molar-refractivity contribution >= 4 is 16.9 Å². The number of carbonyl (C=O) groups is 1. The van der Waals surface area contributed by atoms with Crippen LogP contribution in [0.2, 0.25) is 0 Å². The zero-order chi connectivity index (χ0) is 23.8. The normalized spacial score (nSPS) is 17.7. The van der Waals surface area contributed by atoms with Crippen LogP contribution in [0.5, 0.6) is 0 Å². The van der Waals surface area contributed by atoms with E-state index in [0.717, 1.165) is 5.56 Å². The topological polar surface area (TPSA) is 107 Å². The van der Waals surface area contributed by atoms with Gasteiger partial charge in [-0.25, -0.2) is 0 Å². The van der Waals surface area contributed by atoms with Gasteiger partial charge < -0.3 is 29.1 Å². The van der Waals surface area contributed by atoms with Gasteiger partial charge in [-0.2, -0.15) is 0 Å². The molecule has 0 radical (unpaired) electrons. The summed E-state index contributed by atoms with van der Waals surface area (Å²) >= 11 is 0. The summed E-state index contributed by atoms with van der Waals surface area (Å²) in [6.45, 7) is 0.950. The van der Waals surface area contributed by atoms with Crippen LogP contribution in [0.3, 0.4) is 0 Å². The van der Waals surface area contributed by atoms with E-state index in [1.165, 1.54) is 6.26 Å². The second-order valence-corrected chi connectivity index (χ2v) is 7.81. The maximum atomic E-state index is 13.1. The molecule has 0 fully saturated rings. The smallest absolute Gasteiger partial charge is 0.286 e. The highest BCUT2D eigenvalue weighted by molar-refractivity contribution is 5.91. The van der Waals surface area contributed by atoms with Gasteiger partial charge in [0, 0.05) is 24.4 Å². The van der Waals surface area contributed by atoms with Crippen molar-refractivity contribution < 1.29 is 28.5 Å². The van der Waals surface area contributed by atoms with E-state index in [9.17, 15) is 9.59 Å². The molecule has 2 heterocycles. The van der Waals surface area contributed by atoms with E-state index in [1.807, 2.05) is 30.3 Å². The molecule has 4 rings (SSSR count). The number of nitrogens with one attached hydrogen (secondary N) is 1. The summed E-state index contributed by atoms with van der Waals surface area (Å²) in [6.07, 6.45) is 2.66. The Bertz CT molecular complexity index is 1190. The van der Waals surface area contributed by atoms with Crippen molar-refractivity contribution in [2.24, 2.45) is 0 Å². The molecule has 178 valence electrons. The molecule has 0 unspecified atom stereocenters. The lowest BCUT2D eigenvalue weighted by atomic mass is 9.93. The van der Waals surface area contributed by atoms with E-state index in [-0.39, 0.29) is 37.6 Å². The van der Waals surface area contributed by atoms with Crippen LogP contribution in [0, 0.1) is 0 Å². The monoisotopic (exact) mass is 465 g/mol. The number of ether oxygens (including phenoxy) is 3. The number of fused-ring (bicyclic) bond motifs is 1. The molecule has 0 spiro atoms. The van der Waals surface area contributed by atoms with Crippen LogP contribution in [0.15, 0.2) is 81.9 Å². The second-order valence-electron chi connectivity index (χ2n) is 7.81. The number of aliphatic hydroxyl groups excluding tert-OH is 1. The van der Waals surface area contributed by atoms with E-state index in [4.69, 9.17) is 23.7 Å². The average Bonchev–Trinajstić information content (AvgIpc) is 2.88. The van der Waals surface area contributed by atoms with Crippen molar-refractivity contribution in [2.45, 2.75) is 25.2 Å². The maximum Gasteiger partial charge on any atom is 0.286 e. The highest BCUT2D eigenvalue weighted by Gasteiger charge is 2.30. The number of amides is 1. The third-order valence-corrected chi connectivity index (χ3v) is 5.45. The Morgan fingerprint density at radius 1 is 1.06 bits per heavy atom. The fourth-order valence-electron chi connectivity index (χ4n) is 3.75. The molecular weight excluding hydrogens is 438 g/mol. The van der Waals surface area contributed by atoms with Crippen molar-refractivity contribution in [3.63, 3.8) is 0 Å². The fraction of sp³-hybridized carbons (Fsp3) is 0.308. The van der Waals surface area contributed by atoms with Crippen molar-refractivity contribution in [1.29, 1.82) is 0 Å². The first kappa shape index (κ1) is 23.7. The third kappa shape index (κ3) is 5.91. The predicted octanol–water partition coefficient (Wildman–Crippen LogP) is 2.85. The Kier molecular flexibility index (Phi) is 8.08. The number of allylic oxidation sites excluding steroid dienone is 1. The lowest BCUT2D eigenvalue weighted by molar-refractivity contribution is -0.151. The summed E-state index contributed by atoms with van der Waals surface area (Å²) in [7, 11) is 0. The zero-order valence-electron chi connectivity index (χ0n) is 18.6. The van der Waals surface area contributed by atoms with Gasteiger partial charge in [-0.15, -0.1) is 0 Å². The summed E-state index contributed by atoms with van der Waals surface area (Å²) in [5.74, 6) is -0.750. The minimum Gasteiger partial charge on any atom is -0.464 e. The van der Waals surface area contributed by atoms with Crippen LogP contribution in [0.1, 0.15) is 23.5 Å². The summed E-state index contributed by atoms with van der Waals surface area (Å²) < 4.78 is 22.5. The fourth-order valence-corrected chi connectivity index (χ4v) is 3.75. The number of carbonyl (C=O) groups excluding carboxylic acids is 1. The molecule has 1 aromatic heterocycles. The Balaban J connectivity index is 1.54.